The molecule has 0 spiro atoms. The van der Waals surface area contributed by atoms with Gasteiger partial charge in [0, 0.05) is 28.7 Å². The van der Waals surface area contributed by atoms with E-state index in [4.69, 9.17) is 0 Å². The molecule has 18 heavy (non-hydrogen) atoms. The highest BCUT2D eigenvalue weighted by molar-refractivity contribution is 7.12. The molecule has 1 unspecified atom stereocenters. The molecule has 1 atom stereocenters. The lowest BCUT2D eigenvalue weighted by atomic mass is 10.2. The molecule has 0 aliphatic heterocycles. The summed E-state index contributed by atoms with van der Waals surface area (Å²) in [4.78, 5) is 7.24. The van der Waals surface area contributed by atoms with Gasteiger partial charge in [0.25, 0.3) is 0 Å². The minimum atomic E-state index is 0.218. The molecule has 2 rings (SSSR count). The topological polar surface area (TPSA) is 29.9 Å². The summed E-state index contributed by atoms with van der Waals surface area (Å²) in [5.74, 6) is 1.13. The monoisotopic (exact) mass is 263 g/mol. The zero-order valence-corrected chi connectivity index (χ0v) is 12.1. The second-order valence-electron chi connectivity index (χ2n) is 4.42. The van der Waals surface area contributed by atoms with Crippen LogP contribution in [0.5, 0.6) is 0 Å². The number of rotatable bonds is 6. The van der Waals surface area contributed by atoms with Crippen LogP contribution in [-0.4, -0.2) is 16.1 Å². The molecule has 0 aromatic carbocycles. The summed E-state index contributed by atoms with van der Waals surface area (Å²) in [6, 6.07) is 4.60. The summed E-state index contributed by atoms with van der Waals surface area (Å²) in [5.41, 5.74) is 0. The van der Waals surface area contributed by atoms with Crippen molar-refractivity contribution in [1.82, 2.24) is 14.9 Å². The van der Waals surface area contributed by atoms with E-state index in [1.165, 1.54) is 9.75 Å². The molecule has 0 bridgehead atoms. The molecule has 3 nitrogen and oxygen atoms in total. The Morgan fingerprint density at radius 2 is 2.22 bits per heavy atom. The van der Waals surface area contributed by atoms with Crippen molar-refractivity contribution in [2.75, 3.05) is 6.54 Å². The first-order valence-corrected chi connectivity index (χ1v) is 7.38. The zero-order valence-electron chi connectivity index (χ0n) is 11.3. The van der Waals surface area contributed by atoms with E-state index in [0.29, 0.717) is 0 Å². The average Bonchev–Trinajstić information content (AvgIpc) is 2.96. The van der Waals surface area contributed by atoms with Gasteiger partial charge in [-0.2, -0.15) is 0 Å². The summed E-state index contributed by atoms with van der Waals surface area (Å²) in [6.45, 7) is 8.46. The van der Waals surface area contributed by atoms with Crippen LogP contribution in [0.3, 0.4) is 0 Å². The molecule has 0 saturated heterocycles. The number of imidazole rings is 1. The predicted molar refractivity (Wildman–Crippen MR) is 77.1 cm³/mol. The van der Waals surface area contributed by atoms with E-state index in [2.05, 4.69) is 54.0 Å². The number of aryl methyl sites for hydroxylation is 2. The van der Waals surface area contributed by atoms with Crippen LogP contribution in [0.25, 0.3) is 0 Å². The Balaban J connectivity index is 2.31. The first-order chi connectivity index (χ1) is 8.76. The Hall–Kier alpha value is -1.13. The van der Waals surface area contributed by atoms with Gasteiger partial charge in [-0.3, -0.25) is 0 Å². The Morgan fingerprint density at radius 3 is 2.83 bits per heavy atom. The fraction of sp³-hybridized carbons (Fsp3) is 0.500. The Labute approximate surface area is 113 Å². The van der Waals surface area contributed by atoms with E-state index >= 15 is 0 Å². The van der Waals surface area contributed by atoms with Crippen LogP contribution >= 0.6 is 11.3 Å². The second kappa shape index (κ2) is 6.16. The molecule has 2 heterocycles. The van der Waals surface area contributed by atoms with Crippen LogP contribution < -0.4 is 5.32 Å². The van der Waals surface area contributed by atoms with E-state index in [1.807, 2.05) is 17.5 Å². The molecule has 0 aliphatic carbocycles. The number of hydrogen-bond donors (Lipinski definition) is 1. The number of thiophene rings is 1. The van der Waals surface area contributed by atoms with Crippen molar-refractivity contribution in [3.63, 3.8) is 0 Å². The molecular formula is C14H21N3S. The van der Waals surface area contributed by atoms with Gasteiger partial charge in [-0.15, -0.1) is 11.3 Å². The minimum absolute atomic E-state index is 0.218. The van der Waals surface area contributed by atoms with Crippen LogP contribution in [-0.2, 0) is 6.54 Å². The molecule has 1 N–H and O–H groups in total. The fourth-order valence-corrected chi connectivity index (χ4v) is 3.09. The quantitative estimate of drug-likeness (QED) is 0.866. The Bertz CT molecular complexity index is 487. The lowest BCUT2D eigenvalue weighted by molar-refractivity contribution is 0.549. The third-order valence-electron chi connectivity index (χ3n) is 2.92. The number of nitrogens with zero attached hydrogens (tertiary/aromatic N) is 2. The third-order valence-corrected chi connectivity index (χ3v) is 3.99. The predicted octanol–water partition coefficient (Wildman–Crippen LogP) is 3.36. The van der Waals surface area contributed by atoms with Gasteiger partial charge in [-0.25, -0.2) is 4.98 Å². The molecule has 4 heteroatoms. The Morgan fingerprint density at radius 1 is 1.39 bits per heavy atom. The van der Waals surface area contributed by atoms with Crippen molar-refractivity contribution >= 4 is 11.3 Å². The van der Waals surface area contributed by atoms with Crippen LogP contribution in [0.15, 0.2) is 24.5 Å². The van der Waals surface area contributed by atoms with Gasteiger partial charge in [-0.1, -0.05) is 13.8 Å². The van der Waals surface area contributed by atoms with Gasteiger partial charge >= 0.3 is 0 Å². The van der Waals surface area contributed by atoms with E-state index < -0.39 is 0 Å². The van der Waals surface area contributed by atoms with Gasteiger partial charge in [0.05, 0.1) is 0 Å². The van der Waals surface area contributed by atoms with Crippen LogP contribution in [0.4, 0.5) is 0 Å². The molecule has 0 amide bonds. The fourth-order valence-electron chi connectivity index (χ4n) is 2.14. The Kier molecular flexibility index (Phi) is 4.55. The highest BCUT2D eigenvalue weighted by Gasteiger charge is 2.19. The molecule has 2 aromatic heterocycles. The maximum absolute atomic E-state index is 4.55. The van der Waals surface area contributed by atoms with Crippen molar-refractivity contribution in [3.05, 3.63) is 40.1 Å². The molecule has 0 saturated carbocycles. The summed E-state index contributed by atoms with van der Waals surface area (Å²) in [5, 5.41) is 3.54. The maximum Gasteiger partial charge on any atom is 0.131 e. The highest BCUT2D eigenvalue weighted by atomic mass is 32.1. The van der Waals surface area contributed by atoms with Gasteiger partial charge in [0.2, 0.25) is 0 Å². The van der Waals surface area contributed by atoms with E-state index in [0.717, 1.165) is 25.3 Å². The summed E-state index contributed by atoms with van der Waals surface area (Å²) < 4.78 is 2.25. The van der Waals surface area contributed by atoms with Crippen molar-refractivity contribution in [1.29, 1.82) is 0 Å². The minimum Gasteiger partial charge on any atom is -0.333 e. The van der Waals surface area contributed by atoms with Crippen LogP contribution in [0.2, 0.25) is 0 Å². The lowest BCUT2D eigenvalue weighted by Gasteiger charge is -2.17. The van der Waals surface area contributed by atoms with Crippen molar-refractivity contribution in [2.24, 2.45) is 0 Å². The smallest absolute Gasteiger partial charge is 0.131 e. The number of hydrogen-bond acceptors (Lipinski definition) is 3. The van der Waals surface area contributed by atoms with Gasteiger partial charge < -0.3 is 9.88 Å². The number of nitrogens with one attached hydrogen (secondary N) is 1. The second-order valence-corrected chi connectivity index (χ2v) is 5.74. The highest BCUT2D eigenvalue weighted by Crippen LogP contribution is 2.27. The SMILES string of the molecule is CCCn1ccnc1C(NCC)c1ccc(C)s1. The molecule has 0 radical (unpaired) electrons. The summed E-state index contributed by atoms with van der Waals surface area (Å²) in [7, 11) is 0. The first kappa shape index (κ1) is 13.3. The lowest BCUT2D eigenvalue weighted by Crippen LogP contribution is -2.24. The van der Waals surface area contributed by atoms with E-state index in [1.54, 1.807) is 0 Å². The van der Waals surface area contributed by atoms with Gasteiger partial charge in [-0.05, 0) is 32.0 Å². The summed E-state index contributed by atoms with van der Waals surface area (Å²) >= 11 is 1.84. The average molecular weight is 263 g/mol. The van der Waals surface area contributed by atoms with Gasteiger partial charge in [0.1, 0.15) is 11.9 Å². The van der Waals surface area contributed by atoms with E-state index in [-0.39, 0.29) is 6.04 Å². The first-order valence-electron chi connectivity index (χ1n) is 6.57. The maximum atomic E-state index is 4.55. The molecular weight excluding hydrogens is 242 g/mol. The van der Waals surface area contributed by atoms with Crippen molar-refractivity contribution < 1.29 is 0 Å². The molecule has 98 valence electrons. The van der Waals surface area contributed by atoms with Crippen LogP contribution in [0, 0.1) is 6.92 Å². The van der Waals surface area contributed by atoms with Crippen molar-refractivity contribution in [2.45, 2.75) is 39.8 Å². The number of aromatic nitrogens is 2. The third kappa shape index (κ3) is 2.82. The van der Waals surface area contributed by atoms with Gasteiger partial charge in [0.15, 0.2) is 0 Å². The largest absolute Gasteiger partial charge is 0.333 e. The van der Waals surface area contributed by atoms with Crippen molar-refractivity contribution in [3.8, 4) is 0 Å². The molecule has 2 aromatic rings. The molecule has 0 aliphatic rings. The van der Waals surface area contributed by atoms with Crippen LogP contribution in [0.1, 0.15) is 41.9 Å². The standard InChI is InChI=1S/C14H21N3S/c1-4-9-17-10-8-16-14(17)13(15-5-2)12-7-6-11(3)18-12/h6-8,10,13,15H,4-5,9H2,1-3H3. The molecule has 0 fully saturated rings. The summed E-state index contributed by atoms with van der Waals surface area (Å²) in [6.07, 6.45) is 5.10. The van der Waals surface area contributed by atoms with E-state index in [9.17, 15) is 0 Å². The zero-order chi connectivity index (χ0) is 13.0. The normalized spacial score (nSPS) is 12.8.